The van der Waals surface area contributed by atoms with E-state index in [4.69, 9.17) is 19.2 Å². The Balaban J connectivity index is 1.62. The summed E-state index contributed by atoms with van der Waals surface area (Å²) in [7, 11) is 7.76. The molecule has 32 heavy (non-hydrogen) atoms. The molecule has 0 atom stereocenters. The van der Waals surface area contributed by atoms with Gasteiger partial charge >= 0.3 is 0 Å². The lowest BCUT2D eigenvalue weighted by Crippen LogP contribution is -2.54. The summed E-state index contributed by atoms with van der Waals surface area (Å²) >= 11 is 0. The molecule has 3 rings (SSSR count). The van der Waals surface area contributed by atoms with Gasteiger partial charge in [0.1, 0.15) is 11.5 Å². The van der Waals surface area contributed by atoms with Crippen LogP contribution >= 0.6 is 0 Å². The topological polar surface area (TPSA) is 61.8 Å². The van der Waals surface area contributed by atoms with E-state index in [-0.39, 0.29) is 5.54 Å². The number of hydrogen-bond acceptors (Lipinski definition) is 6. The van der Waals surface area contributed by atoms with E-state index in [0.717, 1.165) is 94.9 Å². The molecule has 0 unspecified atom stereocenters. The Bertz CT molecular complexity index is 741. The molecule has 0 bridgehead atoms. The third-order valence-electron chi connectivity index (χ3n) is 6.78. The number of methoxy groups -OCH3 is 2. The van der Waals surface area contributed by atoms with E-state index in [9.17, 15) is 0 Å². The van der Waals surface area contributed by atoms with Crippen LogP contribution in [0.1, 0.15) is 25.3 Å². The van der Waals surface area contributed by atoms with Crippen molar-refractivity contribution in [1.82, 2.24) is 20.0 Å². The summed E-state index contributed by atoms with van der Waals surface area (Å²) in [6, 6.07) is 6.00. The number of likely N-dealkylation sites (N-methyl/N-ethyl adjacent to an activating group) is 1. The van der Waals surface area contributed by atoms with Crippen LogP contribution in [0.25, 0.3) is 0 Å². The molecule has 0 amide bonds. The maximum Gasteiger partial charge on any atom is 0.194 e. The number of benzene rings is 1. The highest BCUT2D eigenvalue weighted by molar-refractivity contribution is 5.80. The zero-order valence-corrected chi connectivity index (χ0v) is 20.5. The summed E-state index contributed by atoms with van der Waals surface area (Å²) in [6.45, 7) is 10.2. The third-order valence-corrected chi connectivity index (χ3v) is 6.78. The predicted octanol–water partition coefficient (Wildman–Crippen LogP) is 1.90. The van der Waals surface area contributed by atoms with Gasteiger partial charge in [0.15, 0.2) is 5.96 Å². The number of guanidine groups is 1. The molecule has 8 nitrogen and oxygen atoms in total. The van der Waals surface area contributed by atoms with Gasteiger partial charge in [0.05, 0.1) is 20.8 Å². The van der Waals surface area contributed by atoms with Crippen molar-refractivity contribution in [1.29, 1.82) is 0 Å². The molecule has 180 valence electrons. The normalized spacial score (nSPS) is 19.8. The largest absolute Gasteiger partial charge is 0.497 e. The first kappa shape index (κ1) is 24.6. The Hall–Kier alpha value is -2.03. The second kappa shape index (κ2) is 11.7. The van der Waals surface area contributed by atoms with E-state index in [1.54, 1.807) is 14.2 Å². The average Bonchev–Trinajstić information content (AvgIpc) is 2.82. The Morgan fingerprint density at radius 2 is 1.84 bits per heavy atom. The number of piperazine rings is 1. The minimum Gasteiger partial charge on any atom is -0.497 e. The summed E-state index contributed by atoms with van der Waals surface area (Å²) in [4.78, 5) is 12.3. The maximum atomic E-state index is 5.61. The summed E-state index contributed by atoms with van der Waals surface area (Å²) in [5.41, 5.74) is 1.25. The van der Waals surface area contributed by atoms with Gasteiger partial charge < -0.3 is 29.3 Å². The highest BCUT2D eigenvalue weighted by Crippen LogP contribution is 2.27. The molecule has 0 aromatic heterocycles. The number of aliphatic imine (C=N–C) groups is 1. The lowest BCUT2D eigenvalue weighted by Gasteiger charge is -2.42. The maximum absolute atomic E-state index is 5.61. The summed E-state index contributed by atoms with van der Waals surface area (Å²) in [5.74, 6) is 2.80. The number of rotatable bonds is 8. The Kier molecular flexibility index (Phi) is 9.02. The van der Waals surface area contributed by atoms with Gasteiger partial charge in [-0.3, -0.25) is 9.89 Å². The lowest BCUT2D eigenvalue weighted by atomic mass is 9.89. The van der Waals surface area contributed by atoms with Crippen molar-refractivity contribution in [3.8, 4) is 11.5 Å². The minimum absolute atomic E-state index is 0.0870. The lowest BCUT2D eigenvalue weighted by molar-refractivity contribution is -0.00268. The first-order valence-electron chi connectivity index (χ1n) is 11.7. The fourth-order valence-electron chi connectivity index (χ4n) is 4.51. The second-order valence-corrected chi connectivity index (χ2v) is 8.84. The van der Waals surface area contributed by atoms with Crippen molar-refractivity contribution >= 4 is 5.96 Å². The van der Waals surface area contributed by atoms with Crippen LogP contribution in [0.3, 0.4) is 0 Å². The molecule has 2 aliphatic rings. The van der Waals surface area contributed by atoms with Crippen molar-refractivity contribution in [2.45, 2.75) is 31.8 Å². The van der Waals surface area contributed by atoms with Crippen LogP contribution in [0.15, 0.2) is 23.2 Å². The molecule has 8 heteroatoms. The molecule has 0 radical (unpaired) electrons. The minimum atomic E-state index is 0.0870. The van der Waals surface area contributed by atoms with Gasteiger partial charge in [-0.15, -0.1) is 0 Å². The molecule has 1 N–H and O–H groups in total. The fraction of sp³-hybridized carbons (Fsp3) is 0.708. The smallest absolute Gasteiger partial charge is 0.194 e. The standard InChI is InChI=1S/C24H41N5O3/c1-6-25-23(26-19-24(27(2)3)9-15-32-16-10-24)29-13-11-28(12-14-29)18-20-17-21(30-4)7-8-22(20)31-5/h7-8,17H,6,9-16,18-19H2,1-5H3,(H,25,26). The monoisotopic (exact) mass is 447 g/mol. The average molecular weight is 448 g/mol. The summed E-state index contributed by atoms with van der Waals surface area (Å²) in [5, 5.41) is 3.52. The molecule has 1 aromatic carbocycles. The zero-order chi connectivity index (χ0) is 23.0. The van der Waals surface area contributed by atoms with Gasteiger partial charge in [0.2, 0.25) is 0 Å². The first-order chi connectivity index (χ1) is 15.5. The molecule has 2 aliphatic heterocycles. The van der Waals surface area contributed by atoms with E-state index in [0.29, 0.717) is 0 Å². The molecular weight excluding hydrogens is 406 g/mol. The molecule has 2 fully saturated rings. The van der Waals surface area contributed by atoms with Gasteiger partial charge in [0.25, 0.3) is 0 Å². The Labute approximate surface area is 193 Å². The van der Waals surface area contributed by atoms with Crippen molar-refractivity contribution < 1.29 is 14.2 Å². The highest BCUT2D eigenvalue weighted by atomic mass is 16.5. The van der Waals surface area contributed by atoms with Gasteiger partial charge in [-0.25, -0.2) is 0 Å². The van der Waals surface area contributed by atoms with E-state index < -0.39 is 0 Å². The molecule has 1 aromatic rings. The molecule has 0 spiro atoms. The molecule has 0 saturated carbocycles. The third kappa shape index (κ3) is 6.05. The number of ether oxygens (including phenoxy) is 3. The van der Waals surface area contributed by atoms with Crippen molar-refractivity contribution in [2.75, 3.05) is 80.8 Å². The SMILES string of the molecule is CCNC(=NCC1(N(C)C)CCOCC1)N1CCN(Cc2cc(OC)ccc2OC)CC1. The molecule has 0 aliphatic carbocycles. The van der Waals surface area contributed by atoms with Crippen LogP contribution in [0.2, 0.25) is 0 Å². The van der Waals surface area contributed by atoms with Crippen molar-refractivity contribution in [3.63, 3.8) is 0 Å². The molecule has 2 saturated heterocycles. The zero-order valence-electron chi connectivity index (χ0n) is 20.5. The second-order valence-electron chi connectivity index (χ2n) is 8.84. The van der Waals surface area contributed by atoms with Crippen LogP contribution < -0.4 is 14.8 Å². The molecule has 2 heterocycles. The van der Waals surface area contributed by atoms with Gasteiger partial charge in [-0.2, -0.15) is 0 Å². The van der Waals surface area contributed by atoms with Crippen LogP contribution in [0.5, 0.6) is 11.5 Å². The predicted molar refractivity (Wildman–Crippen MR) is 129 cm³/mol. The van der Waals surface area contributed by atoms with Crippen LogP contribution in [-0.2, 0) is 11.3 Å². The Morgan fingerprint density at radius 3 is 2.44 bits per heavy atom. The van der Waals surface area contributed by atoms with Crippen LogP contribution in [-0.4, -0.2) is 107 Å². The van der Waals surface area contributed by atoms with E-state index in [1.165, 1.54) is 0 Å². The van der Waals surface area contributed by atoms with Gasteiger partial charge in [-0.05, 0) is 52.1 Å². The number of nitrogens with zero attached hydrogens (tertiary/aromatic N) is 4. The van der Waals surface area contributed by atoms with Crippen molar-refractivity contribution in [2.24, 2.45) is 4.99 Å². The highest BCUT2D eigenvalue weighted by Gasteiger charge is 2.35. The van der Waals surface area contributed by atoms with E-state index >= 15 is 0 Å². The molecular formula is C24H41N5O3. The van der Waals surface area contributed by atoms with E-state index in [2.05, 4.69) is 47.1 Å². The van der Waals surface area contributed by atoms with Crippen LogP contribution in [0.4, 0.5) is 0 Å². The fourth-order valence-corrected chi connectivity index (χ4v) is 4.51. The number of hydrogen-bond donors (Lipinski definition) is 1. The number of nitrogens with one attached hydrogen (secondary N) is 1. The van der Waals surface area contributed by atoms with Crippen LogP contribution in [0, 0.1) is 0 Å². The summed E-state index contributed by atoms with van der Waals surface area (Å²) in [6.07, 6.45) is 2.05. The van der Waals surface area contributed by atoms with Gasteiger partial charge in [-0.1, -0.05) is 0 Å². The first-order valence-corrected chi connectivity index (χ1v) is 11.7. The van der Waals surface area contributed by atoms with E-state index in [1.807, 2.05) is 12.1 Å². The Morgan fingerprint density at radius 1 is 1.12 bits per heavy atom. The van der Waals surface area contributed by atoms with Crippen molar-refractivity contribution in [3.05, 3.63) is 23.8 Å². The van der Waals surface area contributed by atoms with Gasteiger partial charge in [0, 0.05) is 63.6 Å². The quantitative estimate of drug-likeness (QED) is 0.482. The summed E-state index contributed by atoms with van der Waals surface area (Å²) < 4.78 is 16.6.